The van der Waals surface area contributed by atoms with E-state index >= 15 is 0 Å². The van der Waals surface area contributed by atoms with Gasteiger partial charge < -0.3 is 11.1 Å². The monoisotopic (exact) mass is 192 g/mol. The quantitative estimate of drug-likeness (QED) is 0.722. The molecule has 14 heavy (non-hydrogen) atoms. The van der Waals surface area contributed by atoms with Gasteiger partial charge in [0.1, 0.15) is 0 Å². The normalized spacial score (nSPS) is 11.0. The molecule has 0 radical (unpaired) electrons. The SMILES string of the molecule is CC(C)Nc1ccc(N)cc1C(C)C. The highest BCUT2D eigenvalue weighted by Gasteiger charge is 2.07. The first-order valence-electron chi connectivity index (χ1n) is 5.16. The van der Waals surface area contributed by atoms with Crippen molar-refractivity contribution < 1.29 is 0 Å². The van der Waals surface area contributed by atoms with Crippen LogP contribution in [0.5, 0.6) is 0 Å². The molecule has 78 valence electrons. The predicted octanol–water partition coefficient (Wildman–Crippen LogP) is 3.21. The first-order chi connectivity index (χ1) is 6.50. The molecule has 0 saturated heterocycles. The van der Waals surface area contributed by atoms with Crippen molar-refractivity contribution in [2.45, 2.75) is 39.7 Å². The van der Waals surface area contributed by atoms with Gasteiger partial charge in [0.2, 0.25) is 0 Å². The molecular formula is C12H20N2. The van der Waals surface area contributed by atoms with Crippen LogP contribution in [0.15, 0.2) is 18.2 Å². The second kappa shape index (κ2) is 4.36. The minimum Gasteiger partial charge on any atom is -0.399 e. The maximum absolute atomic E-state index is 5.77. The molecule has 2 heteroatoms. The first kappa shape index (κ1) is 10.9. The average Bonchev–Trinajstić information content (AvgIpc) is 2.07. The third-order valence-corrected chi connectivity index (χ3v) is 2.14. The second-order valence-electron chi connectivity index (χ2n) is 4.30. The number of hydrogen-bond donors (Lipinski definition) is 2. The van der Waals surface area contributed by atoms with E-state index in [-0.39, 0.29) is 0 Å². The Morgan fingerprint density at radius 2 is 1.79 bits per heavy atom. The Kier molecular flexibility index (Phi) is 3.39. The van der Waals surface area contributed by atoms with Crippen molar-refractivity contribution in [2.75, 3.05) is 11.1 Å². The van der Waals surface area contributed by atoms with Crippen LogP contribution >= 0.6 is 0 Å². The van der Waals surface area contributed by atoms with Gasteiger partial charge in [-0.1, -0.05) is 13.8 Å². The average molecular weight is 192 g/mol. The molecule has 2 nitrogen and oxygen atoms in total. The molecule has 3 N–H and O–H groups in total. The summed E-state index contributed by atoms with van der Waals surface area (Å²) in [6, 6.07) is 6.51. The van der Waals surface area contributed by atoms with Gasteiger partial charge in [-0.2, -0.15) is 0 Å². The molecule has 1 aromatic carbocycles. The van der Waals surface area contributed by atoms with E-state index in [1.165, 1.54) is 11.3 Å². The molecule has 0 heterocycles. The molecule has 0 aliphatic carbocycles. The Hall–Kier alpha value is -1.18. The zero-order chi connectivity index (χ0) is 10.7. The van der Waals surface area contributed by atoms with E-state index in [1.54, 1.807) is 0 Å². The number of rotatable bonds is 3. The molecule has 0 aromatic heterocycles. The van der Waals surface area contributed by atoms with Gasteiger partial charge in [0, 0.05) is 17.4 Å². The molecule has 0 atom stereocenters. The standard InChI is InChI=1S/C12H20N2/c1-8(2)11-7-10(13)5-6-12(11)14-9(3)4/h5-9,14H,13H2,1-4H3. The number of nitrogens with two attached hydrogens (primary N) is 1. The fraction of sp³-hybridized carbons (Fsp3) is 0.500. The van der Waals surface area contributed by atoms with Crippen molar-refractivity contribution in [3.63, 3.8) is 0 Å². The molecular weight excluding hydrogens is 172 g/mol. The van der Waals surface area contributed by atoms with Gasteiger partial charge in [-0.05, 0) is 43.5 Å². The molecule has 0 amide bonds. The molecule has 0 aliphatic heterocycles. The number of hydrogen-bond acceptors (Lipinski definition) is 2. The highest BCUT2D eigenvalue weighted by Crippen LogP contribution is 2.26. The molecule has 0 saturated carbocycles. The summed E-state index contributed by atoms with van der Waals surface area (Å²) in [7, 11) is 0. The lowest BCUT2D eigenvalue weighted by Gasteiger charge is -2.17. The first-order valence-corrected chi connectivity index (χ1v) is 5.16. The fourth-order valence-electron chi connectivity index (χ4n) is 1.50. The van der Waals surface area contributed by atoms with Gasteiger partial charge in [0.25, 0.3) is 0 Å². The van der Waals surface area contributed by atoms with Gasteiger partial charge in [0.05, 0.1) is 0 Å². The van der Waals surface area contributed by atoms with E-state index in [9.17, 15) is 0 Å². The Labute approximate surface area is 86.5 Å². The van der Waals surface area contributed by atoms with E-state index in [2.05, 4.69) is 45.1 Å². The zero-order valence-electron chi connectivity index (χ0n) is 9.46. The van der Waals surface area contributed by atoms with E-state index in [1.807, 2.05) is 6.07 Å². The number of benzene rings is 1. The van der Waals surface area contributed by atoms with Crippen molar-refractivity contribution in [1.82, 2.24) is 0 Å². The lowest BCUT2D eigenvalue weighted by atomic mass is 10.00. The third-order valence-electron chi connectivity index (χ3n) is 2.14. The van der Waals surface area contributed by atoms with Crippen LogP contribution < -0.4 is 11.1 Å². The molecule has 0 aliphatic rings. The Bertz CT molecular complexity index is 303. The summed E-state index contributed by atoms with van der Waals surface area (Å²) in [5.74, 6) is 0.500. The van der Waals surface area contributed by atoms with Crippen LogP contribution in [0, 0.1) is 0 Å². The van der Waals surface area contributed by atoms with E-state index in [4.69, 9.17) is 5.73 Å². The van der Waals surface area contributed by atoms with Crippen LogP contribution in [-0.4, -0.2) is 6.04 Å². The van der Waals surface area contributed by atoms with Crippen LogP contribution in [0.1, 0.15) is 39.2 Å². The largest absolute Gasteiger partial charge is 0.399 e. The lowest BCUT2D eigenvalue weighted by Crippen LogP contribution is -2.12. The summed E-state index contributed by atoms with van der Waals surface area (Å²) in [5.41, 5.74) is 9.09. The number of nitrogens with one attached hydrogen (secondary N) is 1. The van der Waals surface area contributed by atoms with E-state index in [0.29, 0.717) is 12.0 Å². The summed E-state index contributed by atoms with van der Waals surface area (Å²) in [6.07, 6.45) is 0. The zero-order valence-corrected chi connectivity index (χ0v) is 9.46. The molecule has 0 unspecified atom stereocenters. The Morgan fingerprint density at radius 3 is 2.29 bits per heavy atom. The molecule has 0 spiro atoms. The summed E-state index contributed by atoms with van der Waals surface area (Å²) >= 11 is 0. The summed E-state index contributed by atoms with van der Waals surface area (Å²) in [6.45, 7) is 8.64. The van der Waals surface area contributed by atoms with Gasteiger partial charge in [-0.15, -0.1) is 0 Å². The van der Waals surface area contributed by atoms with Crippen LogP contribution in [0.4, 0.5) is 11.4 Å². The summed E-state index contributed by atoms with van der Waals surface area (Å²) in [5, 5.41) is 3.43. The predicted molar refractivity (Wildman–Crippen MR) is 63.7 cm³/mol. The van der Waals surface area contributed by atoms with Gasteiger partial charge in [-0.25, -0.2) is 0 Å². The summed E-state index contributed by atoms with van der Waals surface area (Å²) in [4.78, 5) is 0. The lowest BCUT2D eigenvalue weighted by molar-refractivity contribution is 0.847. The van der Waals surface area contributed by atoms with Crippen molar-refractivity contribution in [2.24, 2.45) is 0 Å². The highest BCUT2D eigenvalue weighted by molar-refractivity contribution is 5.59. The second-order valence-corrected chi connectivity index (χ2v) is 4.30. The maximum Gasteiger partial charge on any atom is 0.0378 e. The van der Waals surface area contributed by atoms with Gasteiger partial charge >= 0.3 is 0 Å². The van der Waals surface area contributed by atoms with E-state index in [0.717, 1.165) is 5.69 Å². The van der Waals surface area contributed by atoms with Crippen LogP contribution in [0.3, 0.4) is 0 Å². The maximum atomic E-state index is 5.77. The van der Waals surface area contributed by atoms with Crippen LogP contribution in [0.2, 0.25) is 0 Å². The third kappa shape index (κ3) is 2.66. The van der Waals surface area contributed by atoms with Crippen molar-refractivity contribution in [1.29, 1.82) is 0 Å². The molecule has 1 rings (SSSR count). The minimum atomic E-state index is 0.455. The molecule has 0 fully saturated rings. The van der Waals surface area contributed by atoms with E-state index < -0.39 is 0 Å². The minimum absolute atomic E-state index is 0.455. The Balaban J connectivity index is 3.02. The number of anilines is 2. The highest BCUT2D eigenvalue weighted by atomic mass is 14.9. The van der Waals surface area contributed by atoms with Gasteiger partial charge in [-0.3, -0.25) is 0 Å². The topological polar surface area (TPSA) is 38.0 Å². The molecule has 1 aromatic rings. The number of nitrogen functional groups attached to an aromatic ring is 1. The summed E-state index contributed by atoms with van der Waals surface area (Å²) < 4.78 is 0. The van der Waals surface area contributed by atoms with Crippen LogP contribution in [0.25, 0.3) is 0 Å². The van der Waals surface area contributed by atoms with Gasteiger partial charge in [0.15, 0.2) is 0 Å². The molecule has 0 bridgehead atoms. The van der Waals surface area contributed by atoms with Crippen LogP contribution in [-0.2, 0) is 0 Å². The fourth-order valence-corrected chi connectivity index (χ4v) is 1.50. The van der Waals surface area contributed by atoms with Crippen molar-refractivity contribution in [3.8, 4) is 0 Å². The Morgan fingerprint density at radius 1 is 1.14 bits per heavy atom. The van der Waals surface area contributed by atoms with Crippen molar-refractivity contribution in [3.05, 3.63) is 23.8 Å². The smallest absolute Gasteiger partial charge is 0.0378 e. The van der Waals surface area contributed by atoms with Crippen molar-refractivity contribution >= 4 is 11.4 Å².